The van der Waals surface area contributed by atoms with Gasteiger partial charge in [0.05, 0.1) is 5.60 Å². The third-order valence-electron chi connectivity index (χ3n) is 5.10. The summed E-state index contributed by atoms with van der Waals surface area (Å²) in [4.78, 5) is 0. The highest BCUT2D eigenvalue weighted by molar-refractivity contribution is 9.10. The minimum absolute atomic E-state index is 0.248. The molecule has 0 bridgehead atoms. The molecule has 2 unspecified atom stereocenters. The molecule has 3 rings (SSSR count). The van der Waals surface area contributed by atoms with Crippen molar-refractivity contribution in [3.05, 3.63) is 34.3 Å². The molecule has 0 amide bonds. The first-order valence-corrected chi connectivity index (χ1v) is 8.56. The van der Waals surface area contributed by atoms with E-state index in [0.29, 0.717) is 6.04 Å². The van der Waals surface area contributed by atoms with Crippen molar-refractivity contribution >= 4 is 15.9 Å². The summed E-state index contributed by atoms with van der Waals surface area (Å²) in [6.07, 6.45) is 7.46. The Kier molecular flexibility index (Phi) is 4.49. The molecule has 2 nitrogen and oxygen atoms in total. The fourth-order valence-corrected chi connectivity index (χ4v) is 3.97. The Balaban J connectivity index is 1.65. The van der Waals surface area contributed by atoms with Gasteiger partial charge in [-0.3, -0.25) is 0 Å². The van der Waals surface area contributed by atoms with Gasteiger partial charge in [-0.25, -0.2) is 0 Å². The van der Waals surface area contributed by atoms with Crippen LogP contribution in [0, 0.1) is 5.92 Å². The lowest BCUT2D eigenvalue weighted by Gasteiger charge is -2.48. The Hall–Kier alpha value is -0.380. The SMILES string of the molecule is CNC(Cc1ccc(Br)cc1)C1CCOC2(CCC2)C1. The van der Waals surface area contributed by atoms with E-state index in [1.54, 1.807) is 0 Å². The third kappa shape index (κ3) is 3.10. The second kappa shape index (κ2) is 6.17. The Labute approximate surface area is 130 Å². The third-order valence-corrected chi connectivity index (χ3v) is 5.63. The smallest absolute Gasteiger partial charge is 0.0685 e. The maximum atomic E-state index is 6.06. The highest BCUT2D eigenvalue weighted by Gasteiger charge is 2.43. The number of hydrogen-bond acceptors (Lipinski definition) is 2. The zero-order chi connectivity index (χ0) is 14.0. The minimum atomic E-state index is 0.248. The molecule has 0 radical (unpaired) electrons. The first-order valence-electron chi connectivity index (χ1n) is 7.76. The summed E-state index contributed by atoms with van der Waals surface area (Å²) in [6.45, 7) is 0.948. The largest absolute Gasteiger partial charge is 0.375 e. The molecule has 1 aliphatic heterocycles. The lowest BCUT2D eigenvalue weighted by atomic mass is 9.70. The van der Waals surface area contributed by atoms with E-state index in [1.165, 1.54) is 37.7 Å². The zero-order valence-electron chi connectivity index (χ0n) is 12.2. The Morgan fingerprint density at radius 2 is 2.10 bits per heavy atom. The Bertz CT molecular complexity index is 441. The molecule has 20 heavy (non-hydrogen) atoms. The average Bonchev–Trinajstić information content (AvgIpc) is 2.45. The van der Waals surface area contributed by atoms with Crippen LogP contribution >= 0.6 is 15.9 Å². The van der Waals surface area contributed by atoms with Crippen LogP contribution in [0.4, 0.5) is 0 Å². The first kappa shape index (κ1) is 14.6. The van der Waals surface area contributed by atoms with Crippen LogP contribution in [0.2, 0.25) is 0 Å². The Morgan fingerprint density at radius 1 is 1.35 bits per heavy atom. The molecule has 2 atom stereocenters. The van der Waals surface area contributed by atoms with Crippen molar-refractivity contribution in [1.82, 2.24) is 5.32 Å². The number of rotatable bonds is 4. The zero-order valence-corrected chi connectivity index (χ0v) is 13.8. The maximum Gasteiger partial charge on any atom is 0.0685 e. The van der Waals surface area contributed by atoms with E-state index in [1.807, 2.05) is 0 Å². The molecule has 2 aliphatic rings. The number of nitrogens with one attached hydrogen (secondary N) is 1. The van der Waals surface area contributed by atoms with Crippen molar-refractivity contribution in [2.24, 2.45) is 5.92 Å². The predicted molar refractivity (Wildman–Crippen MR) is 86.0 cm³/mol. The van der Waals surface area contributed by atoms with Crippen LogP contribution in [0.3, 0.4) is 0 Å². The van der Waals surface area contributed by atoms with E-state index in [2.05, 4.69) is 52.6 Å². The molecule has 1 aromatic carbocycles. The van der Waals surface area contributed by atoms with Gasteiger partial charge in [-0.2, -0.15) is 0 Å². The van der Waals surface area contributed by atoms with Gasteiger partial charge in [0.2, 0.25) is 0 Å². The van der Waals surface area contributed by atoms with E-state index in [0.717, 1.165) is 23.4 Å². The molecule has 1 aromatic rings. The summed E-state index contributed by atoms with van der Waals surface area (Å²) in [7, 11) is 2.10. The monoisotopic (exact) mass is 337 g/mol. The van der Waals surface area contributed by atoms with Crippen molar-refractivity contribution < 1.29 is 4.74 Å². The molecule has 1 aliphatic carbocycles. The lowest BCUT2D eigenvalue weighted by Crippen LogP contribution is -2.50. The second-order valence-corrected chi connectivity index (χ2v) is 7.28. The topological polar surface area (TPSA) is 21.3 Å². The number of halogens is 1. The summed E-state index contributed by atoms with van der Waals surface area (Å²) >= 11 is 3.51. The quantitative estimate of drug-likeness (QED) is 0.898. The molecule has 3 heteroatoms. The van der Waals surface area contributed by atoms with Crippen molar-refractivity contribution in [3.63, 3.8) is 0 Å². The van der Waals surface area contributed by atoms with Crippen molar-refractivity contribution in [2.75, 3.05) is 13.7 Å². The van der Waals surface area contributed by atoms with Crippen LogP contribution < -0.4 is 5.32 Å². The number of benzene rings is 1. The van der Waals surface area contributed by atoms with Gasteiger partial charge in [-0.05, 0) is 69.2 Å². The molecule has 1 spiro atoms. The second-order valence-electron chi connectivity index (χ2n) is 6.36. The maximum absolute atomic E-state index is 6.06. The minimum Gasteiger partial charge on any atom is -0.375 e. The van der Waals surface area contributed by atoms with E-state index in [4.69, 9.17) is 4.74 Å². The first-order chi connectivity index (χ1) is 9.71. The van der Waals surface area contributed by atoms with E-state index >= 15 is 0 Å². The molecule has 1 saturated heterocycles. The van der Waals surface area contributed by atoms with Crippen LogP contribution in [-0.2, 0) is 11.2 Å². The van der Waals surface area contributed by atoms with Crippen LogP contribution in [0.5, 0.6) is 0 Å². The summed E-state index contributed by atoms with van der Waals surface area (Å²) in [5.41, 5.74) is 1.67. The van der Waals surface area contributed by atoms with Crippen LogP contribution in [-0.4, -0.2) is 25.3 Å². The fourth-order valence-electron chi connectivity index (χ4n) is 3.71. The van der Waals surface area contributed by atoms with Gasteiger partial charge >= 0.3 is 0 Å². The molecule has 2 fully saturated rings. The average molecular weight is 338 g/mol. The molecular weight excluding hydrogens is 314 g/mol. The van der Waals surface area contributed by atoms with Crippen LogP contribution in [0.25, 0.3) is 0 Å². The van der Waals surface area contributed by atoms with Gasteiger partial charge in [0.25, 0.3) is 0 Å². The van der Waals surface area contributed by atoms with Crippen LogP contribution in [0.15, 0.2) is 28.7 Å². The summed E-state index contributed by atoms with van der Waals surface area (Å²) in [5, 5.41) is 3.55. The summed E-state index contributed by atoms with van der Waals surface area (Å²) in [5.74, 6) is 0.748. The fraction of sp³-hybridized carbons (Fsp3) is 0.647. The predicted octanol–water partition coefficient (Wildman–Crippen LogP) is 3.93. The van der Waals surface area contributed by atoms with Gasteiger partial charge in [0, 0.05) is 17.1 Å². The molecule has 0 aromatic heterocycles. The molecule has 1 saturated carbocycles. The molecule has 1 heterocycles. The molecule has 1 N–H and O–H groups in total. The summed E-state index contributed by atoms with van der Waals surface area (Å²) in [6, 6.07) is 9.30. The number of hydrogen-bond donors (Lipinski definition) is 1. The number of likely N-dealkylation sites (N-methyl/N-ethyl adjacent to an activating group) is 1. The summed E-state index contributed by atoms with van der Waals surface area (Å²) < 4.78 is 7.21. The van der Waals surface area contributed by atoms with E-state index < -0.39 is 0 Å². The highest BCUT2D eigenvalue weighted by atomic mass is 79.9. The van der Waals surface area contributed by atoms with Gasteiger partial charge < -0.3 is 10.1 Å². The molecule has 110 valence electrons. The number of ether oxygens (including phenoxy) is 1. The van der Waals surface area contributed by atoms with Crippen molar-refractivity contribution in [1.29, 1.82) is 0 Å². The normalized spacial score (nSPS) is 26.2. The van der Waals surface area contributed by atoms with E-state index in [-0.39, 0.29) is 5.60 Å². The van der Waals surface area contributed by atoms with Gasteiger partial charge in [-0.1, -0.05) is 28.1 Å². The molecular formula is C17H24BrNO. The van der Waals surface area contributed by atoms with Gasteiger partial charge in [0.15, 0.2) is 0 Å². The van der Waals surface area contributed by atoms with Gasteiger partial charge in [0.1, 0.15) is 0 Å². The van der Waals surface area contributed by atoms with Crippen molar-refractivity contribution in [2.45, 2.75) is 50.2 Å². The van der Waals surface area contributed by atoms with Gasteiger partial charge in [-0.15, -0.1) is 0 Å². The lowest BCUT2D eigenvalue weighted by molar-refractivity contribution is -0.146. The standard InChI is InChI=1S/C17H24BrNO/c1-19-16(11-13-3-5-15(18)6-4-13)14-7-10-20-17(12-14)8-2-9-17/h3-6,14,16,19H,2,7-12H2,1H3. The Morgan fingerprint density at radius 3 is 2.70 bits per heavy atom. The van der Waals surface area contributed by atoms with E-state index in [9.17, 15) is 0 Å². The van der Waals surface area contributed by atoms with Crippen molar-refractivity contribution in [3.8, 4) is 0 Å². The highest BCUT2D eigenvalue weighted by Crippen LogP contribution is 2.45. The van der Waals surface area contributed by atoms with Crippen LogP contribution in [0.1, 0.15) is 37.7 Å².